The van der Waals surface area contributed by atoms with Crippen molar-refractivity contribution in [3.8, 4) is 0 Å². The van der Waals surface area contributed by atoms with Crippen LogP contribution in [0.4, 0.5) is 5.82 Å². The number of piperazine rings is 1. The normalized spacial score (nSPS) is 32.3. The van der Waals surface area contributed by atoms with E-state index in [1.54, 1.807) is 10.9 Å². The minimum absolute atomic E-state index is 0.281. The van der Waals surface area contributed by atoms with Crippen LogP contribution in [0.3, 0.4) is 0 Å². The second-order valence-corrected chi connectivity index (χ2v) is 7.56. The zero-order valence-corrected chi connectivity index (χ0v) is 15.8. The molecule has 0 radical (unpaired) electrons. The number of nitrogens with two attached hydrogens (primary N) is 1. The van der Waals surface area contributed by atoms with Crippen LogP contribution < -0.4 is 11.1 Å². The first kappa shape index (κ1) is 18.8. The second kappa shape index (κ2) is 7.49. The molecule has 2 aromatic heterocycles. The number of hydrogen-bond acceptors (Lipinski definition) is 10. The molecule has 2 aliphatic rings. The minimum Gasteiger partial charge on any atom is -0.394 e. The Balaban J connectivity index is 1.72. The van der Waals surface area contributed by atoms with Crippen molar-refractivity contribution in [1.29, 1.82) is 0 Å². The van der Waals surface area contributed by atoms with E-state index in [2.05, 4.69) is 37.8 Å². The summed E-state index contributed by atoms with van der Waals surface area (Å²) in [4.78, 5) is 15.0. The minimum atomic E-state index is -1.00. The molecule has 11 heteroatoms. The van der Waals surface area contributed by atoms with E-state index in [1.807, 2.05) is 0 Å². The van der Waals surface area contributed by atoms with Crippen molar-refractivity contribution >= 4 is 29.6 Å². The smallest absolute Gasteiger partial charge is 0.167 e. The summed E-state index contributed by atoms with van der Waals surface area (Å²) in [6.07, 6.45) is 1.89. The van der Waals surface area contributed by atoms with Gasteiger partial charge in [-0.05, 0) is 0 Å². The van der Waals surface area contributed by atoms with Gasteiger partial charge in [0.15, 0.2) is 17.2 Å². The second-order valence-electron chi connectivity index (χ2n) is 7.01. The number of imidazole rings is 1. The highest BCUT2D eigenvalue weighted by Crippen LogP contribution is 2.43. The molecule has 4 rings (SSSR count). The molecule has 0 saturated carbocycles. The highest BCUT2D eigenvalue weighted by atomic mass is 32.1. The average Bonchev–Trinajstić information content (AvgIpc) is 3.23. The molecule has 2 aromatic rings. The first-order valence-corrected chi connectivity index (χ1v) is 9.60. The van der Waals surface area contributed by atoms with Gasteiger partial charge in [-0.2, -0.15) is 12.6 Å². The number of thiol groups is 1. The molecule has 0 aliphatic carbocycles. The maximum Gasteiger partial charge on any atom is 0.167 e. The van der Waals surface area contributed by atoms with Crippen molar-refractivity contribution in [3.63, 3.8) is 0 Å². The molecule has 0 bridgehead atoms. The summed E-state index contributed by atoms with van der Waals surface area (Å²) in [6, 6.07) is 0. The Hall–Kier alpha value is -1.50. The number of aliphatic hydroxyl groups is 2. The third-order valence-corrected chi connectivity index (χ3v) is 6.18. The van der Waals surface area contributed by atoms with Gasteiger partial charge in [0.05, 0.1) is 24.3 Å². The van der Waals surface area contributed by atoms with Crippen molar-refractivity contribution in [3.05, 3.63) is 12.7 Å². The van der Waals surface area contributed by atoms with Crippen molar-refractivity contribution in [2.75, 3.05) is 45.1 Å². The molecule has 10 nitrogen and oxygen atoms in total. The fourth-order valence-corrected chi connectivity index (χ4v) is 4.43. The van der Waals surface area contributed by atoms with E-state index in [-0.39, 0.29) is 12.4 Å². The van der Waals surface area contributed by atoms with Gasteiger partial charge in [0, 0.05) is 39.1 Å². The zero-order chi connectivity index (χ0) is 19.0. The Bertz CT molecular complexity index is 799. The lowest BCUT2D eigenvalue weighted by molar-refractivity contribution is -0.120. The number of anilines is 1. The Labute approximate surface area is 162 Å². The number of aliphatic hydroxyl groups excluding tert-OH is 2. The van der Waals surface area contributed by atoms with Crippen LogP contribution in [0.25, 0.3) is 11.2 Å². The van der Waals surface area contributed by atoms with Crippen molar-refractivity contribution in [1.82, 2.24) is 29.7 Å². The fraction of sp³-hybridized carbons (Fsp3) is 0.688. The van der Waals surface area contributed by atoms with Crippen LogP contribution >= 0.6 is 12.6 Å². The average molecular weight is 395 g/mol. The molecule has 5 N–H and O–H groups in total. The maximum atomic E-state index is 10.6. The predicted octanol–water partition coefficient (Wildman–Crippen LogP) is -1.59. The molecule has 0 aromatic carbocycles. The zero-order valence-electron chi connectivity index (χ0n) is 14.9. The Kier molecular flexibility index (Phi) is 5.23. The molecular weight excluding hydrogens is 370 g/mol. The Morgan fingerprint density at radius 1 is 1.33 bits per heavy atom. The molecule has 4 atom stereocenters. The molecule has 0 unspecified atom stereocenters. The van der Waals surface area contributed by atoms with E-state index in [0.29, 0.717) is 17.6 Å². The SMILES string of the molecule is Nc1ncnc2c1ncn2[C@]1(CCN2CCNCC2)O[C@H](CO)[C@@H](O)[C@H]1S. The molecule has 27 heavy (non-hydrogen) atoms. The van der Waals surface area contributed by atoms with Gasteiger partial charge in [0.1, 0.15) is 17.9 Å². The highest BCUT2D eigenvalue weighted by molar-refractivity contribution is 7.81. The van der Waals surface area contributed by atoms with Gasteiger partial charge >= 0.3 is 0 Å². The lowest BCUT2D eigenvalue weighted by Gasteiger charge is -2.37. The molecule has 148 valence electrons. The summed E-state index contributed by atoms with van der Waals surface area (Å²) in [6.45, 7) is 4.23. The van der Waals surface area contributed by atoms with E-state index in [4.69, 9.17) is 10.5 Å². The maximum absolute atomic E-state index is 10.6. The lowest BCUT2D eigenvalue weighted by atomic mass is 10.0. The van der Waals surface area contributed by atoms with Crippen LogP contribution in [-0.2, 0) is 10.5 Å². The van der Waals surface area contributed by atoms with Crippen molar-refractivity contribution in [2.24, 2.45) is 0 Å². The number of nitrogens with zero attached hydrogens (tertiary/aromatic N) is 5. The first-order valence-electron chi connectivity index (χ1n) is 9.08. The summed E-state index contributed by atoms with van der Waals surface area (Å²) in [5, 5.41) is 23.0. The van der Waals surface area contributed by atoms with Crippen molar-refractivity contribution in [2.45, 2.75) is 29.6 Å². The first-order chi connectivity index (χ1) is 13.1. The largest absolute Gasteiger partial charge is 0.394 e. The number of hydrogen-bond donors (Lipinski definition) is 5. The number of ether oxygens (including phenoxy) is 1. The molecular formula is C16H25N7O3S. The van der Waals surface area contributed by atoms with Crippen LogP contribution in [0, 0.1) is 0 Å². The summed E-state index contributed by atoms with van der Waals surface area (Å²) in [5.41, 5.74) is 5.92. The number of rotatable bonds is 5. The molecule has 2 saturated heterocycles. The number of aromatic nitrogens is 4. The van der Waals surface area contributed by atoms with Gasteiger partial charge in [-0.3, -0.25) is 4.57 Å². The van der Waals surface area contributed by atoms with E-state index in [0.717, 1.165) is 32.7 Å². The van der Waals surface area contributed by atoms with Gasteiger partial charge in [0.2, 0.25) is 0 Å². The number of nitrogen functional groups attached to an aromatic ring is 1. The van der Waals surface area contributed by atoms with Crippen LogP contribution in [-0.4, -0.2) is 91.4 Å². The Morgan fingerprint density at radius 2 is 2.11 bits per heavy atom. The predicted molar refractivity (Wildman–Crippen MR) is 102 cm³/mol. The molecule has 0 amide bonds. The van der Waals surface area contributed by atoms with Crippen LogP contribution in [0.5, 0.6) is 0 Å². The summed E-state index contributed by atoms with van der Waals surface area (Å²) in [7, 11) is 0. The van der Waals surface area contributed by atoms with Gasteiger partial charge in [0.25, 0.3) is 0 Å². The van der Waals surface area contributed by atoms with E-state index in [1.165, 1.54) is 6.33 Å². The van der Waals surface area contributed by atoms with Gasteiger partial charge < -0.3 is 30.9 Å². The summed E-state index contributed by atoms with van der Waals surface area (Å²) < 4.78 is 7.99. The topological polar surface area (TPSA) is 135 Å². The third-order valence-electron chi connectivity index (χ3n) is 5.47. The Morgan fingerprint density at radius 3 is 2.81 bits per heavy atom. The molecule has 2 aliphatic heterocycles. The summed E-state index contributed by atoms with van der Waals surface area (Å²) in [5.74, 6) is 0.281. The van der Waals surface area contributed by atoms with Crippen LogP contribution in [0.15, 0.2) is 12.7 Å². The third kappa shape index (κ3) is 3.18. The monoisotopic (exact) mass is 395 g/mol. The van der Waals surface area contributed by atoms with Crippen LogP contribution in [0.1, 0.15) is 6.42 Å². The molecule has 0 spiro atoms. The fourth-order valence-electron chi connectivity index (χ4n) is 3.93. The highest BCUT2D eigenvalue weighted by Gasteiger charge is 2.54. The van der Waals surface area contributed by atoms with E-state index in [9.17, 15) is 10.2 Å². The van der Waals surface area contributed by atoms with E-state index < -0.39 is 23.2 Å². The standard InChI is InChI=1S/C16H25N7O3S/c17-14-11-15(20-8-19-14)23(9-21-11)16(1-4-22-5-2-18-3-6-22)13(27)12(25)10(7-24)26-16/h8-10,12-13,18,24-25,27H,1-7H2,(H2,17,19,20)/t10-,12-,13-,16-/m1/s1. The quantitative estimate of drug-likeness (QED) is 0.380. The van der Waals surface area contributed by atoms with Crippen LogP contribution in [0.2, 0.25) is 0 Å². The number of nitrogens with one attached hydrogen (secondary N) is 1. The molecule has 2 fully saturated rings. The van der Waals surface area contributed by atoms with Crippen molar-refractivity contribution < 1.29 is 14.9 Å². The van der Waals surface area contributed by atoms with Gasteiger partial charge in [-0.15, -0.1) is 0 Å². The molecule has 4 heterocycles. The van der Waals surface area contributed by atoms with Gasteiger partial charge in [-0.25, -0.2) is 15.0 Å². The number of fused-ring (bicyclic) bond motifs is 1. The van der Waals surface area contributed by atoms with Gasteiger partial charge in [-0.1, -0.05) is 0 Å². The van der Waals surface area contributed by atoms with E-state index >= 15 is 0 Å². The lowest BCUT2D eigenvalue weighted by Crippen LogP contribution is -2.48. The summed E-state index contributed by atoms with van der Waals surface area (Å²) >= 11 is 4.68.